The number of hydrogen-bond donors (Lipinski definition) is 1. The maximum atomic E-state index is 11.3. The van der Waals surface area contributed by atoms with Crippen LogP contribution in [0.2, 0.25) is 0 Å². The summed E-state index contributed by atoms with van der Waals surface area (Å²) in [4.78, 5) is 11.3. The van der Waals surface area contributed by atoms with E-state index >= 15 is 0 Å². The number of benzene rings is 1. The smallest absolute Gasteiger partial charge is 0.335 e. The maximum absolute atomic E-state index is 11.3. The molecule has 128 valence electrons. The van der Waals surface area contributed by atoms with Crippen LogP contribution in [0.1, 0.15) is 29.6 Å². The molecule has 0 saturated heterocycles. The Morgan fingerprint density at radius 3 is 2.12 bits per heavy atom. The zero-order valence-electron chi connectivity index (χ0n) is 13.6. The fourth-order valence-electron chi connectivity index (χ4n) is 1.77. The minimum absolute atomic E-state index is 0.0513. The van der Waals surface area contributed by atoms with Crippen LogP contribution in [0.5, 0.6) is 17.2 Å². The van der Waals surface area contributed by atoms with Gasteiger partial charge in [0.15, 0.2) is 11.5 Å². The molecule has 0 amide bonds. The van der Waals surface area contributed by atoms with E-state index in [0.29, 0.717) is 49.7 Å². The molecule has 0 spiro atoms. The maximum Gasteiger partial charge on any atom is 0.335 e. The summed E-state index contributed by atoms with van der Waals surface area (Å²) in [5, 5.41) is 9.27. The number of rotatable bonds is 12. The van der Waals surface area contributed by atoms with E-state index in [1.807, 2.05) is 0 Å². The zero-order chi connectivity index (χ0) is 17.8. The molecule has 0 aliphatic carbocycles. The van der Waals surface area contributed by atoms with Gasteiger partial charge in [-0.05, 0) is 25.0 Å². The predicted octanol–water partition coefficient (Wildman–Crippen LogP) is 3.70. The molecule has 5 nitrogen and oxygen atoms in total. The Balaban J connectivity index is 3.15. The van der Waals surface area contributed by atoms with Crippen molar-refractivity contribution in [1.29, 1.82) is 0 Å². The number of carboxylic acid groups (broad SMARTS) is 1. The van der Waals surface area contributed by atoms with Gasteiger partial charge in [0, 0.05) is 6.42 Å². The first-order valence-corrected chi connectivity index (χ1v) is 7.59. The summed E-state index contributed by atoms with van der Waals surface area (Å²) >= 11 is 0. The number of carbonyl (C=O) groups is 1. The summed E-state index contributed by atoms with van der Waals surface area (Å²) in [7, 11) is 0. The van der Waals surface area contributed by atoms with Crippen LogP contribution in [0.15, 0.2) is 37.4 Å². The average Bonchev–Trinajstić information content (AvgIpc) is 2.56. The fraction of sp³-hybridized carbons (Fsp3) is 0.316. The molecule has 0 saturated carbocycles. The van der Waals surface area contributed by atoms with Crippen molar-refractivity contribution < 1.29 is 24.1 Å². The zero-order valence-corrected chi connectivity index (χ0v) is 13.6. The lowest BCUT2D eigenvalue weighted by atomic mass is 10.2. The van der Waals surface area contributed by atoms with Gasteiger partial charge in [0.05, 0.1) is 25.4 Å². The molecule has 1 N–H and O–H groups in total. The van der Waals surface area contributed by atoms with Crippen molar-refractivity contribution in [2.75, 3.05) is 19.8 Å². The van der Waals surface area contributed by atoms with E-state index in [4.69, 9.17) is 20.6 Å². The second-order valence-corrected chi connectivity index (χ2v) is 4.76. The summed E-state index contributed by atoms with van der Waals surface area (Å²) in [6, 6.07) is 2.82. The molecule has 0 fully saturated rings. The highest BCUT2D eigenvalue weighted by molar-refractivity contribution is 5.89. The molecule has 24 heavy (non-hydrogen) atoms. The molecule has 1 aromatic carbocycles. The number of terminal acetylenes is 1. The summed E-state index contributed by atoms with van der Waals surface area (Å²) in [5.41, 5.74) is 0.0513. The average molecular weight is 330 g/mol. The number of hydrogen-bond acceptors (Lipinski definition) is 4. The van der Waals surface area contributed by atoms with Gasteiger partial charge in [-0.1, -0.05) is 12.2 Å². The molecule has 0 radical (unpaired) electrons. The van der Waals surface area contributed by atoms with Crippen LogP contribution in [0, 0.1) is 12.3 Å². The first-order valence-electron chi connectivity index (χ1n) is 7.59. The Morgan fingerprint density at radius 1 is 1.08 bits per heavy atom. The summed E-state index contributed by atoms with van der Waals surface area (Å²) in [5.74, 6) is 2.36. The highest BCUT2D eigenvalue weighted by atomic mass is 16.5. The first kappa shape index (κ1) is 19.2. The topological polar surface area (TPSA) is 65.0 Å². The largest absolute Gasteiger partial charge is 0.489 e. The Hall–Kier alpha value is -2.87. The lowest BCUT2D eigenvalue weighted by Crippen LogP contribution is -2.07. The van der Waals surface area contributed by atoms with Gasteiger partial charge in [0.2, 0.25) is 5.75 Å². The summed E-state index contributed by atoms with van der Waals surface area (Å²) in [6.45, 7) is 8.25. The van der Waals surface area contributed by atoms with Crippen LogP contribution < -0.4 is 14.2 Å². The Kier molecular flexibility index (Phi) is 8.62. The molecule has 0 aliphatic rings. The first-order chi connectivity index (χ1) is 11.6. The minimum Gasteiger partial charge on any atom is -0.489 e. The lowest BCUT2D eigenvalue weighted by Gasteiger charge is -2.17. The molecule has 0 atom stereocenters. The van der Waals surface area contributed by atoms with Gasteiger partial charge in [0.25, 0.3) is 0 Å². The highest BCUT2D eigenvalue weighted by Gasteiger charge is 2.18. The van der Waals surface area contributed by atoms with Crippen LogP contribution in [0.4, 0.5) is 0 Å². The van der Waals surface area contributed by atoms with Crippen molar-refractivity contribution in [3.63, 3.8) is 0 Å². The van der Waals surface area contributed by atoms with E-state index in [1.165, 1.54) is 12.1 Å². The Morgan fingerprint density at radius 2 is 1.62 bits per heavy atom. The van der Waals surface area contributed by atoms with Gasteiger partial charge in [-0.2, -0.15) is 0 Å². The molecule has 0 unspecified atom stereocenters. The SMILES string of the molecule is C#CCCOc1cc(C(=O)O)cc(OCCC=C)c1OCCC=C. The third-order valence-electron chi connectivity index (χ3n) is 2.92. The molecular formula is C19H22O5. The molecular weight excluding hydrogens is 308 g/mol. The monoisotopic (exact) mass is 330 g/mol. The van der Waals surface area contributed by atoms with Crippen molar-refractivity contribution in [3.05, 3.63) is 43.0 Å². The van der Waals surface area contributed by atoms with Crippen LogP contribution >= 0.6 is 0 Å². The third-order valence-corrected chi connectivity index (χ3v) is 2.92. The van der Waals surface area contributed by atoms with E-state index in [2.05, 4.69) is 19.1 Å². The van der Waals surface area contributed by atoms with Gasteiger partial charge < -0.3 is 19.3 Å². The number of ether oxygens (including phenoxy) is 3. The van der Waals surface area contributed by atoms with E-state index in [1.54, 1.807) is 12.2 Å². The van der Waals surface area contributed by atoms with Crippen LogP contribution in [0.25, 0.3) is 0 Å². The third kappa shape index (κ3) is 6.09. The Labute approximate surface area is 142 Å². The number of aromatic carboxylic acids is 1. The molecule has 0 aliphatic heterocycles. The van der Waals surface area contributed by atoms with Gasteiger partial charge in [-0.3, -0.25) is 0 Å². The van der Waals surface area contributed by atoms with Crippen molar-refractivity contribution in [2.24, 2.45) is 0 Å². The van der Waals surface area contributed by atoms with E-state index in [-0.39, 0.29) is 12.2 Å². The molecule has 0 aromatic heterocycles. The van der Waals surface area contributed by atoms with Crippen LogP contribution in [-0.4, -0.2) is 30.9 Å². The lowest BCUT2D eigenvalue weighted by molar-refractivity contribution is 0.0695. The standard InChI is InChI=1S/C19H22O5/c1-4-7-10-22-16-13-15(19(20)21)14-17(23-11-8-5-2)18(16)24-12-9-6-3/h1,5-6,13-14H,2-3,7-12H2,(H,20,21). The van der Waals surface area contributed by atoms with Crippen LogP contribution in [-0.2, 0) is 0 Å². The molecule has 0 heterocycles. The van der Waals surface area contributed by atoms with Crippen molar-refractivity contribution >= 4 is 5.97 Å². The van der Waals surface area contributed by atoms with Crippen molar-refractivity contribution in [2.45, 2.75) is 19.3 Å². The van der Waals surface area contributed by atoms with Gasteiger partial charge in [-0.15, -0.1) is 25.5 Å². The quantitative estimate of drug-likeness (QED) is 0.360. The summed E-state index contributed by atoms with van der Waals surface area (Å²) < 4.78 is 16.9. The van der Waals surface area contributed by atoms with Gasteiger partial charge in [-0.25, -0.2) is 4.79 Å². The second kappa shape index (κ2) is 10.8. The van der Waals surface area contributed by atoms with E-state index in [9.17, 15) is 9.90 Å². The van der Waals surface area contributed by atoms with E-state index < -0.39 is 5.97 Å². The van der Waals surface area contributed by atoms with Crippen molar-refractivity contribution in [3.8, 4) is 29.6 Å². The summed E-state index contributed by atoms with van der Waals surface area (Å²) in [6.07, 6.45) is 10.3. The van der Waals surface area contributed by atoms with E-state index in [0.717, 1.165) is 0 Å². The van der Waals surface area contributed by atoms with Crippen LogP contribution in [0.3, 0.4) is 0 Å². The fourth-order valence-corrected chi connectivity index (χ4v) is 1.77. The number of carboxylic acids is 1. The molecule has 1 aromatic rings. The molecule has 5 heteroatoms. The Bertz CT molecular complexity index is 613. The normalized spacial score (nSPS) is 9.62. The predicted molar refractivity (Wildman–Crippen MR) is 93.0 cm³/mol. The van der Waals surface area contributed by atoms with Crippen molar-refractivity contribution in [1.82, 2.24) is 0 Å². The van der Waals surface area contributed by atoms with Gasteiger partial charge >= 0.3 is 5.97 Å². The highest BCUT2D eigenvalue weighted by Crippen LogP contribution is 2.39. The second-order valence-electron chi connectivity index (χ2n) is 4.76. The van der Waals surface area contributed by atoms with Gasteiger partial charge in [0.1, 0.15) is 0 Å². The molecule has 0 bridgehead atoms. The minimum atomic E-state index is -1.08. The molecule has 1 rings (SSSR count).